The molecule has 2 aromatic rings. The Morgan fingerprint density at radius 2 is 1.80 bits per heavy atom. The van der Waals surface area contributed by atoms with E-state index in [-0.39, 0.29) is 5.82 Å². The number of benzene rings is 2. The second-order valence-electron chi connectivity index (χ2n) is 5.19. The summed E-state index contributed by atoms with van der Waals surface area (Å²) in [5, 5.41) is 3.21. The van der Waals surface area contributed by atoms with Crippen LogP contribution in [0.25, 0.3) is 0 Å². The predicted octanol–water partition coefficient (Wildman–Crippen LogP) is 3.46. The van der Waals surface area contributed by atoms with Gasteiger partial charge in [-0.05, 0) is 35.4 Å². The van der Waals surface area contributed by atoms with E-state index in [1.807, 2.05) is 31.2 Å². The Bertz CT molecular complexity index is 585. The minimum atomic E-state index is -0.131. The maximum atomic E-state index is 14.3. The van der Waals surface area contributed by atoms with E-state index < -0.39 is 0 Å². The Kier molecular flexibility index (Phi) is 3.70. The van der Waals surface area contributed by atoms with Gasteiger partial charge < -0.3 is 10.2 Å². The van der Waals surface area contributed by atoms with Crippen LogP contribution in [0.5, 0.6) is 0 Å². The van der Waals surface area contributed by atoms with Crippen LogP contribution in [0.3, 0.4) is 0 Å². The predicted molar refractivity (Wildman–Crippen MR) is 80.1 cm³/mol. The summed E-state index contributed by atoms with van der Waals surface area (Å²) >= 11 is 0. The van der Waals surface area contributed by atoms with Crippen molar-refractivity contribution in [3.8, 4) is 0 Å². The first kappa shape index (κ1) is 13.1. The maximum absolute atomic E-state index is 14.3. The third-order valence-corrected chi connectivity index (χ3v) is 3.77. The summed E-state index contributed by atoms with van der Waals surface area (Å²) in [4.78, 5) is 2.09. The Morgan fingerprint density at radius 1 is 1.10 bits per heavy atom. The van der Waals surface area contributed by atoms with Gasteiger partial charge in [-0.1, -0.05) is 37.3 Å². The molecule has 0 spiro atoms. The van der Waals surface area contributed by atoms with Gasteiger partial charge >= 0.3 is 0 Å². The molecule has 0 radical (unpaired) electrons. The summed E-state index contributed by atoms with van der Waals surface area (Å²) in [7, 11) is 0. The molecule has 3 heteroatoms. The number of halogens is 1. The molecular weight excluding hydrogens is 251 g/mol. The molecule has 2 aromatic carbocycles. The average Bonchev–Trinajstić information content (AvgIpc) is 2.88. The highest BCUT2D eigenvalue weighted by Crippen LogP contribution is 2.30. The Balaban J connectivity index is 1.79. The first-order chi connectivity index (χ1) is 9.78. The molecule has 1 aliphatic heterocycles. The van der Waals surface area contributed by atoms with Gasteiger partial charge in [0.05, 0.1) is 5.69 Å². The van der Waals surface area contributed by atoms with Crippen molar-refractivity contribution >= 4 is 5.69 Å². The van der Waals surface area contributed by atoms with Gasteiger partial charge in [-0.2, -0.15) is 0 Å². The van der Waals surface area contributed by atoms with Crippen molar-refractivity contribution in [2.24, 2.45) is 0 Å². The molecule has 0 fully saturated rings. The molecular formula is C17H19FN2. The van der Waals surface area contributed by atoms with Crippen molar-refractivity contribution in [2.45, 2.75) is 26.6 Å². The summed E-state index contributed by atoms with van der Waals surface area (Å²) < 4.78 is 14.3. The standard InChI is InChI=1S/C17H19FN2/c1-2-19-10-13-7-8-17(16(18)9-13)20-11-14-5-3-4-6-15(14)12-20/h3-9,19H,2,10-12H2,1H3. The molecule has 0 unspecified atom stereocenters. The highest BCUT2D eigenvalue weighted by Gasteiger charge is 2.20. The van der Waals surface area contributed by atoms with Crippen molar-refractivity contribution in [2.75, 3.05) is 11.4 Å². The molecule has 1 N–H and O–H groups in total. The van der Waals surface area contributed by atoms with Gasteiger partial charge in [0.2, 0.25) is 0 Å². The van der Waals surface area contributed by atoms with Gasteiger partial charge in [0, 0.05) is 19.6 Å². The Labute approximate surface area is 119 Å². The molecule has 0 amide bonds. The molecule has 0 aliphatic carbocycles. The van der Waals surface area contributed by atoms with E-state index in [2.05, 4.69) is 22.3 Å². The first-order valence-electron chi connectivity index (χ1n) is 7.09. The van der Waals surface area contributed by atoms with Gasteiger partial charge in [0.15, 0.2) is 0 Å². The molecule has 104 valence electrons. The average molecular weight is 270 g/mol. The Hall–Kier alpha value is -1.87. The van der Waals surface area contributed by atoms with E-state index in [9.17, 15) is 4.39 Å². The van der Waals surface area contributed by atoms with Gasteiger partial charge in [-0.15, -0.1) is 0 Å². The van der Waals surface area contributed by atoms with Crippen LogP contribution < -0.4 is 10.2 Å². The number of nitrogens with zero attached hydrogens (tertiary/aromatic N) is 1. The zero-order valence-electron chi connectivity index (χ0n) is 11.7. The number of hydrogen-bond acceptors (Lipinski definition) is 2. The van der Waals surface area contributed by atoms with E-state index in [4.69, 9.17) is 0 Å². The van der Waals surface area contributed by atoms with Gasteiger partial charge in [0.25, 0.3) is 0 Å². The minimum Gasteiger partial charge on any atom is -0.360 e. The fourth-order valence-electron chi connectivity index (χ4n) is 2.69. The van der Waals surface area contributed by atoms with E-state index in [0.29, 0.717) is 12.2 Å². The zero-order chi connectivity index (χ0) is 13.9. The van der Waals surface area contributed by atoms with Crippen LogP contribution in [-0.4, -0.2) is 6.54 Å². The van der Waals surface area contributed by atoms with Crippen LogP contribution in [0.1, 0.15) is 23.6 Å². The molecule has 0 bridgehead atoms. The number of nitrogens with one attached hydrogen (secondary N) is 1. The molecule has 1 aliphatic rings. The Morgan fingerprint density at radius 3 is 2.40 bits per heavy atom. The van der Waals surface area contributed by atoms with Crippen LogP contribution >= 0.6 is 0 Å². The number of anilines is 1. The van der Waals surface area contributed by atoms with Crippen molar-refractivity contribution in [3.05, 3.63) is 65.0 Å². The third-order valence-electron chi connectivity index (χ3n) is 3.77. The highest BCUT2D eigenvalue weighted by atomic mass is 19.1. The molecule has 0 saturated carbocycles. The van der Waals surface area contributed by atoms with Gasteiger partial charge in [0.1, 0.15) is 5.82 Å². The molecule has 20 heavy (non-hydrogen) atoms. The van der Waals surface area contributed by atoms with E-state index in [1.54, 1.807) is 6.07 Å². The van der Waals surface area contributed by atoms with Gasteiger partial charge in [-0.25, -0.2) is 4.39 Å². The van der Waals surface area contributed by atoms with E-state index in [1.165, 1.54) is 11.1 Å². The van der Waals surface area contributed by atoms with Crippen molar-refractivity contribution in [1.82, 2.24) is 5.32 Å². The number of hydrogen-bond donors (Lipinski definition) is 1. The molecule has 2 nitrogen and oxygen atoms in total. The topological polar surface area (TPSA) is 15.3 Å². The van der Waals surface area contributed by atoms with Crippen LogP contribution in [0.15, 0.2) is 42.5 Å². The van der Waals surface area contributed by atoms with Crippen LogP contribution in [0, 0.1) is 5.82 Å². The van der Waals surface area contributed by atoms with Crippen LogP contribution in [0.4, 0.5) is 10.1 Å². The second kappa shape index (κ2) is 5.63. The molecule has 0 aromatic heterocycles. The van der Waals surface area contributed by atoms with Crippen LogP contribution in [-0.2, 0) is 19.6 Å². The number of fused-ring (bicyclic) bond motifs is 1. The molecule has 1 heterocycles. The SMILES string of the molecule is CCNCc1ccc(N2Cc3ccccc3C2)c(F)c1. The minimum absolute atomic E-state index is 0.131. The molecule has 0 atom stereocenters. The quantitative estimate of drug-likeness (QED) is 0.915. The summed E-state index contributed by atoms with van der Waals surface area (Å²) in [6, 6.07) is 13.9. The summed E-state index contributed by atoms with van der Waals surface area (Å²) in [6.45, 7) is 5.24. The normalized spacial score (nSPS) is 13.6. The van der Waals surface area contributed by atoms with Crippen molar-refractivity contribution in [1.29, 1.82) is 0 Å². The summed E-state index contributed by atoms with van der Waals surface area (Å²) in [5.74, 6) is -0.131. The van der Waals surface area contributed by atoms with Crippen molar-refractivity contribution in [3.63, 3.8) is 0 Å². The maximum Gasteiger partial charge on any atom is 0.146 e. The highest BCUT2D eigenvalue weighted by molar-refractivity contribution is 5.53. The second-order valence-corrected chi connectivity index (χ2v) is 5.19. The third kappa shape index (κ3) is 2.54. The lowest BCUT2D eigenvalue weighted by Crippen LogP contribution is -2.17. The number of rotatable bonds is 4. The van der Waals surface area contributed by atoms with Crippen molar-refractivity contribution < 1.29 is 4.39 Å². The fraction of sp³-hybridized carbons (Fsp3) is 0.294. The fourth-order valence-corrected chi connectivity index (χ4v) is 2.69. The summed E-state index contributed by atoms with van der Waals surface area (Å²) in [5.41, 5.74) is 4.28. The molecule has 3 rings (SSSR count). The smallest absolute Gasteiger partial charge is 0.146 e. The lowest BCUT2D eigenvalue weighted by atomic mass is 10.1. The lowest BCUT2D eigenvalue weighted by Gasteiger charge is -2.19. The van der Waals surface area contributed by atoms with E-state index >= 15 is 0 Å². The van der Waals surface area contributed by atoms with E-state index in [0.717, 1.165) is 25.2 Å². The monoisotopic (exact) mass is 270 g/mol. The zero-order valence-corrected chi connectivity index (χ0v) is 11.7. The van der Waals surface area contributed by atoms with Gasteiger partial charge in [-0.3, -0.25) is 0 Å². The van der Waals surface area contributed by atoms with Crippen LogP contribution in [0.2, 0.25) is 0 Å². The molecule has 0 saturated heterocycles. The first-order valence-corrected chi connectivity index (χ1v) is 7.09. The summed E-state index contributed by atoms with van der Waals surface area (Å²) in [6.07, 6.45) is 0. The largest absolute Gasteiger partial charge is 0.360 e. The lowest BCUT2D eigenvalue weighted by molar-refractivity contribution is 0.614.